The molecule has 3 N–H and O–H groups in total. The Hall–Kier alpha value is -2.74. The summed E-state index contributed by atoms with van der Waals surface area (Å²) in [6, 6.07) is 5.67. The SMILES string of the molecule is COc1ccc(NC(=O)c2cc(F)cc3[nH]c(=S)[nH]c23)cn1. The van der Waals surface area contributed by atoms with Gasteiger partial charge in [0.05, 0.1) is 35.6 Å². The van der Waals surface area contributed by atoms with Crippen LogP contribution < -0.4 is 10.1 Å². The Balaban J connectivity index is 1.95. The fourth-order valence-electron chi connectivity index (χ4n) is 2.06. The molecule has 22 heavy (non-hydrogen) atoms. The van der Waals surface area contributed by atoms with Gasteiger partial charge in [0.15, 0.2) is 4.77 Å². The Labute approximate surface area is 129 Å². The van der Waals surface area contributed by atoms with E-state index in [9.17, 15) is 9.18 Å². The summed E-state index contributed by atoms with van der Waals surface area (Å²) >= 11 is 4.97. The third kappa shape index (κ3) is 2.68. The number of amides is 1. The van der Waals surface area contributed by atoms with E-state index >= 15 is 0 Å². The predicted octanol–water partition coefficient (Wildman–Crippen LogP) is 3.02. The highest BCUT2D eigenvalue weighted by Crippen LogP contribution is 2.20. The smallest absolute Gasteiger partial charge is 0.258 e. The fraction of sp³-hybridized carbons (Fsp3) is 0.0714. The summed E-state index contributed by atoms with van der Waals surface area (Å²) in [6.45, 7) is 0. The first-order valence-corrected chi connectivity index (χ1v) is 6.70. The first-order chi connectivity index (χ1) is 10.6. The van der Waals surface area contributed by atoms with E-state index in [-0.39, 0.29) is 5.56 Å². The molecule has 112 valence electrons. The number of nitrogens with one attached hydrogen (secondary N) is 3. The summed E-state index contributed by atoms with van der Waals surface area (Å²) in [4.78, 5) is 21.9. The Kier molecular flexibility index (Phi) is 3.60. The Bertz CT molecular complexity index is 901. The van der Waals surface area contributed by atoms with Gasteiger partial charge in [-0.15, -0.1) is 0 Å². The van der Waals surface area contributed by atoms with Crippen molar-refractivity contribution in [2.45, 2.75) is 0 Å². The Morgan fingerprint density at radius 3 is 2.86 bits per heavy atom. The first-order valence-electron chi connectivity index (χ1n) is 6.30. The number of carbonyl (C=O) groups excluding carboxylic acids is 1. The number of methoxy groups -OCH3 is 1. The van der Waals surface area contributed by atoms with Gasteiger partial charge in [-0.2, -0.15) is 0 Å². The van der Waals surface area contributed by atoms with Gasteiger partial charge in [0.1, 0.15) is 5.82 Å². The number of aromatic nitrogens is 3. The molecule has 8 heteroatoms. The van der Waals surface area contributed by atoms with Crippen LogP contribution >= 0.6 is 12.2 Å². The number of fused-ring (bicyclic) bond motifs is 1. The lowest BCUT2D eigenvalue weighted by atomic mass is 10.1. The highest BCUT2D eigenvalue weighted by Gasteiger charge is 2.14. The Morgan fingerprint density at radius 1 is 1.36 bits per heavy atom. The minimum Gasteiger partial charge on any atom is -0.481 e. The number of halogens is 1. The molecule has 0 aliphatic heterocycles. The fourth-order valence-corrected chi connectivity index (χ4v) is 2.27. The molecule has 0 fully saturated rings. The third-order valence-electron chi connectivity index (χ3n) is 3.04. The maximum atomic E-state index is 13.6. The standard InChI is InChI=1S/C14H11FN4O2S/c1-21-11-3-2-8(6-16-11)17-13(20)9-4-7(15)5-10-12(9)19-14(22)18-10/h2-6H,1H3,(H,17,20)(H2,18,19,22). The predicted molar refractivity (Wildman–Crippen MR) is 82.2 cm³/mol. The van der Waals surface area contributed by atoms with E-state index in [1.54, 1.807) is 12.1 Å². The van der Waals surface area contributed by atoms with E-state index in [4.69, 9.17) is 17.0 Å². The lowest BCUT2D eigenvalue weighted by molar-refractivity contribution is 0.102. The van der Waals surface area contributed by atoms with Crippen LogP contribution in [0.4, 0.5) is 10.1 Å². The first kappa shape index (κ1) is 14.2. The number of carbonyl (C=O) groups is 1. The number of anilines is 1. The van der Waals surface area contributed by atoms with Crippen molar-refractivity contribution in [1.29, 1.82) is 0 Å². The molecule has 0 radical (unpaired) electrons. The molecule has 2 aromatic heterocycles. The van der Waals surface area contributed by atoms with E-state index in [1.165, 1.54) is 19.4 Å². The van der Waals surface area contributed by atoms with Crippen LogP contribution in [0.2, 0.25) is 0 Å². The van der Waals surface area contributed by atoms with Crippen molar-refractivity contribution < 1.29 is 13.9 Å². The van der Waals surface area contributed by atoms with E-state index in [2.05, 4.69) is 20.3 Å². The third-order valence-corrected chi connectivity index (χ3v) is 3.24. The summed E-state index contributed by atoms with van der Waals surface area (Å²) in [5, 5.41) is 2.65. The topological polar surface area (TPSA) is 82.8 Å². The molecule has 0 saturated carbocycles. The van der Waals surface area contributed by atoms with Crippen molar-refractivity contribution in [3.8, 4) is 5.88 Å². The summed E-state index contributed by atoms with van der Waals surface area (Å²) in [6.07, 6.45) is 1.45. The molecule has 1 aromatic carbocycles. The van der Waals surface area contributed by atoms with E-state index in [1.807, 2.05) is 0 Å². The molecular formula is C14H11FN4O2S. The maximum Gasteiger partial charge on any atom is 0.258 e. The number of imidazole rings is 1. The average Bonchev–Trinajstić information content (AvgIpc) is 2.87. The monoisotopic (exact) mass is 318 g/mol. The van der Waals surface area contributed by atoms with Gasteiger partial charge >= 0.3 is 0 Å². The second kappa shape index (κ2) is 5.57. The number of nitrogens with zero attached hydrogens (tertiary/aromatic N) is 1. The van der Waals surface area contributed by atoms with Crippen molar-refractivity contribution in [3.05, 3.63) is 46.6 Å². The minimum atomic E-state index is -0.532. The highest BCUT2D eigenvalue weighted by molar-refractivity contribution is 7.71. The number of H-pyrrole nitrogens is 2. The molecule has 0 spiro atoms. The highest BCUT2D eigenvalue weighted by atomic mass is 32.1. The van der Waals surface area contributed by atoms with Crippen molar-refractivity contribution in [2.75, 3.05) is 12.4 Å². The van der Waals surface area contributed by atoms with Gasteiger partial charge in [-0.25, -0.2) is 9.37 Å². The molecule has 0 aliphatic carbocycles. The van der Waals surface area contributed by atoms with E-state index in [0.717, 1.165) is 6.07 Å². The summed E-state index contributed by atoms with van der Waals surface area (Å²) in [5.41, 5.74) is 1.50. The van der Waals surface area contributed by atoms with E-state index in [0.29, 0.717) is 27.4 Å². The second-order valence-corrected chi connectivity index (χ2v) is 4.91. The molecule has 3 rings (SSSR count). The van der Waals surface area contributed by atoms with Crippen LogP contribution in [0.1, 0.15) is 10.4 Å². The van der Waals surface area contributed by atoms with Gasteiger partial charge in [-0.3, -0.25) is 4.79 Å². The van der Waals surface area contributed by atoms with Crippen LogP contribution in [0.3, 0.4) is 0 Å². The number of rotatable bonds is 3. The zero-order valence-corrected chi connectivity index (χ0v) is 12.3. The zero-order chi connectivity index (χ0) is 15.7. The van der Waals surface area contributed by atoms with Crippen LogP contribution in [-0.4, -0.2) is 28.0 Å². The molecule has 0 bridgehead atoms. The van der Waals surface area contributed by atoms with Crippen LogP contribution in [0.5, 0.6) is 5.88 Å². The molecule has 2 heterocycles. The van der Waals surface area contributed by atoms with Crippen molar-refractivity contribution in [3.63, 3.8) is 0 Å². The zero-order valence-electron chi connectivity index (χ0n) is 11.4. The van der Waals surface area contributed by atoms with Gasteiger partial charge < -0.3 is 20.0 Å². The second-order valence-electron chi connectivity index (χ2n) is 4.50. The molecule has 0 saturated heterocycles. The van der Waals surface area contributed by atoms with Crippen LogP contribution in [-0.2, 0) is 0 Å². The minimum absolute atomic E-state index is 0.151. The van der Waals surface area contributed by atoms with Crippen molar-refractivity contribution in [2.24, 2.45) is 0 Å². The number of pyridine rings is 1. The van der Waals surface area contributed by atoms with Crippen LogP contribution in [0, 0.1) is 10.6 Å². The van der Waals surface area contributed by atoms with Crippen molar-refractivity contribution >= 4 is 34.8 Å². The number of hydrogen-bond acceptors (Lipinski definition) is 4. The number of hydrogen-bond donors (Lipinski definition) is 3. The molecule has 0 unspecified atom stereocenters. The van der Waals surface area contributed by atoms with Gasteiger partial charge in [-0.1, -0.05) is 0 Å². The molecule has 3 aromatic rings. The maximum absolute atomic E-state index is 13.6. The van der Waals surface area contributed by atoms with Gasteiger partial charge in [-0.05, 0) is 30.4 Å². The number of ether oxygens (including phenoxy) is 1. The Morgan fingerprint density at radius 2 is 2.18 bits per heavy atom. The quantitative estimate of drug-likeness (QED) is 0.648. The molecule has 1 amide bonds. The largest absolute Gasteiger partial charge is 0.481 e. The van der Waals surface area contributed by atoms with Crippen LogP contribution in [0.15, 0.2) is 30.5 Å². The molecule has 6 nitrogen and oxygen atoms in total. The van der Waals surface area contributed by atoms with Crippen LogP contribution in [0.25, 0.3) is 11.0 Å². The summed E-state index contributed by atoms with van der Waals surface area (Å²) < 4.78 is 18.9. The van der Waals surface area contributed by atoms with Gasteiger partial charge in [0, 0.05) is 6.07 Å². The normalized spacial score (nSPS) is 10.6. The lowest BCUT2D eigenvalue weighted by Gasteiger charge is -2.07. The van der Waals surface area contributed by atoms with Crippen molar-refractivity contribution in [1.82, 2.24) is 15.0 Å². The average molecular weight is 318 g/mol. The molecule has 0 atom stereocenters. The lowest BCUT2D eigenvalue weighted by Crippen LogP contribution is -2.13. The molecular weight excluding hydrogens is 307 g/mol. The summed E-state index contributed by atoms with van der Waals surface area (Å²) in [5.74, 6) is -0.571. The number of benzene rings is 1. The number of aromatic amines is 2. The van der Waals surface area contributed by atoms with Gasteiger partial charge in [0.25, 0.3) is 5.91 Å². The molecule has 0 aliphatic rings. The van der Waals surface area contributed by atoms with Gasteiger partial charge in [0.2, 0.25) is 5.88 Å². The summed E-state index contributed by atoms with van der Waals surface area (Å²) in [7, 11) is 1.50. The van der Waals surface area contributed by atoms with E-state index < -0.39 is 11.7 Å².